The number of rotatable bonds is 6. The second kappa shape index (κ2) is 10.2. The number of halogens is 1. The average Bonchev–Trinajstić information content (AvgIpc) is 2.67. The van der Waals surface area contributed by atoms with E-state index in [1.165, 1.54) is 11.1 Å². The summed E-state index contributed by atoms with van der Waals surface area (Å²) in [6, 6.07) is 20.8. The second-order valence-corrected chi connectivity index (χ2v) is 6.07. The molecule has 5 heteroatoms. The van der Waals surface area contributed by atoms with Gasteiger partial charge in [-0.3, -0.25) is 4.90 Å². The van der Waals surface area contributed by atoms with Gasteiger partial charge in [0.05, 0.1) is 24.8 Å². The summed E-state index contributed by atoms with van der Waals surface area (Å²) in [5, 5.41) is 12.6. The number of nitriles is 1. The summed E-state index contributed by atoms with van der Waals surface area (Å²) in [7, 11) is 0. The molecular formula is C20H24ClN3O. The number of ether oxygens (including phenoxy) is 1. The van der Waals surface area contributed by atoms with Crippen LogP contribution < -0.4 is 5.32 Å². The monoisotopic (exact) mass is 357 g/mol. The highest BCUT2D eigenvalue weighted by Crippen LogP contribution is 2.16. The summed E-state index contributed by atoms with van der Waals surface area (Å²) in [6.45, 7) is 5.37. The van der Waals surface area contributed by atoms with E-state index in [1.54, 1.807) is 0 Å². The van der Waals surface area contributed by atoms with Crippen LogP contribution in [0.2, 0.25) is 0 Å². The van der Waals surface area contributed by atoms with E-state index in [1.807, 2.05) is 24.3 Å². The van der Waals surface area contributed by atoms with Crippen molar-refractivity contribution >= 4 is 12.4 Å². The number of benzene rings is 2. The molecule has 3 rings (SSSR count). The van der Waals surface area contributed by atoms with Crippen LogP contribution in [0.25, 0.3) is 0 Å². The van der Waals surface area contributed by atoms with E-state index in [4.69, 9.17) is 10.00 Å². The lowest BCUT2D eigenvalue weighted by Gasteiger charge is -2.31. The van der Waals surface area contributed by atoms with E-state index in [0.717, 1.165) is 39.4 Å². The van der Waals surface area contributed by atoms with Crippen LogP contribution in [0.5, 0.6) is 0 Å². The summed E-state index contributed by atoms with van der Waals surface area (Å²) >= 11 is 0. The molecule has 1 heterocycles. The molecule has 1 aliphatic heterocycles. The van der Waals surface area contributed by atoms with Crippen LogP contribution in [-0.2, 0) is 11.3 Å². The van der Waals surface area contributed by atoms with Gasteiger partial charge in [0.25, 0.3) is 0 Å². The molecule has 1 fully saturated rings. The molecule has 1 atom stereocenters. The first-order valence-corrected chi connectivity index (χ1v) is 8.42. The van der Waals surface area contributed by atoms with Crippen LogP contribution >= 0.6 is 12.4 Å². The molecule has 0 aliphatic carbocycles. The largest absolute Gasteiger partial charge is 0.379 e. The molecule has 4 nitrogen and oxygen atoms in total. The van der Waals surface area contributed by atoms with Crippen LogP contribution in [-0.4, -0.2) is 37.7 Å². The first-order chi connectivity index (χ1) is 11.8. The average molecular weight is 358 g/mol. The Balaban J connectivity index is 0.00000225. The molecule has 0 bridgehead atoms. The van der Waals surface area contributed by atoms with Gasteiger partial charge < -0.3 is 10.1 Å². The molecule has 1 N–H and O–H groups in total. The molecule has 1 saturated heterocycles. The first kappa shape index (κ1) is 19.4. The standard InChI is InChI=1S/C20H23N3O.ClH/c21-14-17-6-8-18(9-7-17)15-22-20(19-4-2-1-3-5-19)16-23-10-12-24-13-11-23;/h1-9,20,22H,10-13,15-16H2;1H. The minimum Gasteiger partial charge on any atom is -0.379 e. The lowest BCUT2D eigenvalue weighted by molar-refractivity contribution is 0.0333. The quantitative estimate of drug-likeness (QED) is 0.862. The molecule has 25 heavy (non-hydrogen) atoms. The number of nitrogens with zero attached hydrogens (tertiary/aromatic N) is 2. The van der Waals surface area contributed by atoms with Crippen molar-refractivity contribution < 1.29 is 4.74 Å². The fraction of sp³-hybridized carbons (Fsp3) is 0.350. The molecule has 0 aromatic heterocycles. The fourth-order valence-electron chi connectivity index (χ4n) is 2.95. The van der Waals surface area contributed by atoms with Crippen molar-refractivity contribution in [3.8, 4) is 6.07 Å². The van der Waals surface area contributed by atoms with Crippen molar-refractivity contribution in [3.05, 3.63) is 71.3 Å². The van der Waals surface area contributed by atoms with Crippen molar-refractivity contribution in [3.63, 3.8) is 0 Å². The van der Waals surface area contributed by atoms with Crippen LogP contribution in [0.1, 0.15) is 22.7 Å². The van der Waals surface area contributed by atoms with Gasteiger partial charge in [0, 0.05) is 32.2 Å². The van der Waals surface area contributed by atoms with Gasteiger partial charge in [0.15, 0.2) is 0 Å². The van der Waals surface area contributed by atoms with Crippen LogP contribution in [0.3, 0.4) is 0 Å². The van der Waals surface area contributed by atoms with Gasteiger partial charge in [-0.15, -0.1) is 12.4 Å². The van der Waals surface area contributed by atoms with E-state index >= 15 is 0 Å². The summed E-state index contributed by atoms with van der Waals surface area (Å²) in [4.78, 5) is 2.45. The minimum absolute atomic E-state index is 0. The second-order valence-electron chi connectivity index (χ2n) is 6.07. The zero-order chi connectivity index (χ0) is 16.6. The Morgan fingerprint density at radius 3 is 2.36 bits per heavy atom. The SMILES string of the molecule is Cl.N#Cc1ccc(CNC(CN2CCOCC2)c2ccccc2)cc1. The lowest BCUT2D eigenvalue weighted by Crippen LogP contribution is -2.41. The van der Waals surface area contributed by atoms with E-state index < -0.39 is 0 Å². The van der Waals surface area contributed by atoms with E-state index in [-0.39, 0.29) is 18.4 Å². The highest BCUT2D eigenvalue weighted by Gasteiger charge is 2.17. The summed E-state index contributed by atoms with van der Waals surface area (Å²) in [6.07, 6.45) is 0. The van der Waals surface area contributed by atoms with Crippen molar-refractivity contribution in [1.82, 2.24) is 10.2 Å². The third-order valence-corrected chi connectivity index (χ3v) is 4.38. The maximum absolute atomic E-state index is 8.90. The molecule has 2 aromatic carbocycles. The molecule has 1 unspecified atom stereocenters. The third kappa shape index (κ3) is 5.84. The van der Waals surface area contributed by atoms with Crippen LogP contribution in [0, 0.1) is 11.3 Å². The Labute approximate surface area is 155 Å². The third-order valence-electron chi connectivity index (χ3n) is 4.38. The summed E-state index contributed by atoms with van der Waals surface area (Å²) in [5.41, 5.74) is 3.20. The minimum atomic E-state index is 0. The van der Waals surface area contributed by atoms with Crippen molar-refractivity contribution in [2.24, 2.45) is 0 Å². The van der Waals surface area contributed by atoms with Crippen molar-refractivity contribution in [1.29, 1.82) is 5.26 Å². The van der Waals surface area contributed by atoms with Crippen LogP contribution in [0.15, 0.2) is 54.6 Å². The van der Waals surface area contributed by atoms with Gasteiger partial charge in [0.2, 0.25) is 0 Å². The Morgan fingerprint density at radius 2 is 1.72 bits per heavy atom. The molecule has 2 aromatic rings. The Bertz CT molecular complexity index is 664. The zero-order valence-electron chi connectivity index (χ0n) is 14.2. The van der Waals surface area contributed by atoms with Gasteiger partial charge >= 0.3 is 0 Å². The predicted molar refractivity (Wildman–Crippen MR) is 102 cm³/mol. The normalized spacial score (nSPS) is 15.8. The van der Waals surface area contributed by atoms with Gasteiger partial charge in [0.1, 0.15) is 0 Å². The summed E-state index contributed by atoms with van der Waals surface area (Å²) in [5.74, 6) is 0. The number of nitrogens with one attached hydrogen (secondary N) is 1. The highest BCUT2D eigenvalue weighted by molar-refractivity contribution is 5.85. The summed E-state index contributed by atoms with van der Waals surface area (Å²) < 4.78 is 5.45. The fourth-order valence-corrected chi connectivity index (χ4v) is 2.95. The molecule has 0 amide bonds. The van der Waals surface area contributed by atoms with Gasteiger partial charge in [-0.1, -0.05) is 42.5 Å². The maximum Gasteiger partial charge on any atom is 0.0991 e. The van der Waals surface area contributed by atoms with Gasteiger partial charge in [-0.05, 0) is 23.3 Å². The number of hydrogen-bond acceptors (Lipinski definition) is 4. The smallest absolute Gasteiger partial charge is 0.0991 e. The Morgan fingerprint density at radius 1 is 1.04 bits per heavy atom. The molecular weight excluding hydrogens is 334 g/mol. The lowest BCUT2D eigenvalue weighted by atomic mass is 10.1. The number of morpholine rings is 1. The van der Waals surface area contributed by atoms with Gasteiger partial charge in [-0.25, -0.2) is 0 Å². The first-order valence-electron chi connectivity index (χ1n) is 8.42. The van der Waals surface area contributed by atoms with Crippen molar-refractivity contribution in [2.45, 2.75) is 12.6 Å². The van der Waals surface area contributed by atoms with E-state index in [9.17, 15) is 0 Å². The zero-order valence-corrected chi connectivity index (χ0v) is 15.0. The van der Waals surface area contributed by atoms with Crippen molar-refractivity contribution in [2.75, 3.05) is 32.8 Å². The highest BCUT2D eigenvalue weighted by atomic mass is 35.5. The maximum atomic E-state index is 8.90. The molecule has 0 radical (unpaired) electrons. The van der Waals surface area contributed by atoms with E-state index in [2.05, 4.69) is 46.6 Å². The molecule has 0 saturated carbocycles. The van der Waals surface area contributed by atoms with E-state index in [0.29, 0.717) is 5.56 Å². The van der Waals surface area contributed by atoms with Gasteiger partial charge in [-0.2, -0.15) is 5.26 Å². The topological polar surface area (TPSA) is 48.3 Å². The molecule has 1 aliphatic rings. The molecule has 132 valence electrons. The predicted octanol–water partition coefficient (Wildman–Crippen LogP) is 3.14. The Kier molecular flexibility index (Phi) is 7.90. The van der Waals surface area contributed by atoms with Crippen LogP contribution in [0.4, 0.5) is 0 Å². The Hall–Kier alpha value is -1.90. The number of hydrogen-bond donors (Lipinski definition) is 1. The molecule has 0 spiro atoms.